The minimum absolute atomic E-state index is 0.822. The smallest absolute Gasteiger partial charge is 0.209 e. The van der Waals surface area contributed by atoms with Gasteiger partial charge in [-0.05, 0) is 53.8 Å². The van der Waals surface area contributed by atoms with Crippen molar-refractivity contribution in [2.75, 3.05) is 7.11 Å². The maximum atomic E-state index is 5.17. The largest absolute Gasteiger partial charge is 0.497 e. The average molecular weight is 320 g/mol. The van der Waals surface area contributed by atoms with E-state index in [0.717, 1.165) is 29.3 Å². The molecule has 114 valence electrons. The van der Waals surface area contributed by atoms with E-state index >= 15 is 0 Å². The molecule has 0 bridgehead atoms. The first-order valence-electron chi connectivity index (χ1n) is 7.59. The van der Waals surface area contributed by atoms with Gasteiger partial charge in [0.05, 0.1) is 17.7 Å². The van der Waals surface area contributed by atoms with Gasteiger partial charge < -0.3 is 4.74 Å². The molecule has 0 unspecified atom stereocenters. The number of thiazole rings is 1. The number of methoxy groups -OCH3 is 1. The summed E-state index contributed by atoms with van der Waals surface area (Å²) in [7, 11) is 1.67. The molecule has 0 saturated carbocycles. The normalized spacial score (nSPS) is 12.9. The summed E-state index contributed by atoms with van der Waals surface area (Å²) < 4.78 is 5.17. The van der Waals surface area contributed by atoms with Gasteiger partial charge in [-0.15, -0.1) is 0 Å². The molecule has 0 fully saturated rings. The van der Waals surface area contributed by atoms with E-state index in [4.69, 9.17) is 9.72 Å². The Morgan fingerprint density at radius 2 is 1.91 bits per heavy atom. The zero-order chi connectivity index (χ0) is 15.6. The molecule has 3 nitrogen and oxygen atoms in total. The van der Waals surface area contributed by atoms with Gasteiger partial charge in [-0.1, -0.05) is 35.6 Å². The van der Waals surface area contributed by atoms with Gasteiger partial charge in [-0.2, -0.15) is 0 Å². The van der Waals surface area contributed by atoms with Crippen LogP contribution in [0.25, 0.3) is 10.4 Å². The van der Waals surface area contributed by atoms with Crippen LogP contribution >= 0.6 is 11.3 Å². The molecule has 1 aromatic heterocycles. The highest BCUT2D eigenvalue weighted by Crippen LogP contribution is 2.40. The Labute approximate surface area is 139 Å². The van der Waals surface area contributed by atoms with Gasteiger partial charge in [0.15, 0.2) is 0 Å². The van der Waals surface area contributed by atoms with E-state index in [-0.39, 0.29) is 0 Å². The third kappa shape index (κ3) is 2.78. The minimum Gasteiger partial charge on any atom is -0.497 e. The Balaban J connectivity index is 1.62. The molecule has 0 radical (unpaired) electrons. The van der Waals surface area contributed by atoms with Crippen LogP contribution in [0.4, 0.5) is 5.13 Å². The Morgan fingerprint density at radius 1 is 1.09 bits per heavy atom. The van der Waals surface area contributed by atoms with Crippen molar-refractivity contribution in [3.8, 4) is 16.2 Å². The molecule has 1 heterocycles. The van der Waals surface area contributed by atoms with Gasteiger partial charge in [0.2, 0.25) is 5.13 Å². The van der Waals surface area contributed by atoms with E-state index in [1.165, 1.54) is 21.7 Å². The van der Waals surface area contributed by atoms with Crippen molar-refractivity contribution in [3.63, 3.8) is 0 Å². The molecule has 0 spiro atoms. The molecular weight excluding hydrogens is 304 g/mol. The minimum atomic E-state index is 0.822. The van der Waals surface area contributed by atoms with Crippen molar-refractivity contribution in [1.29, 1.82) is 0 Å². The van der Waals surface area contributed by atoms with Crippen molar-refractivity contribution in [2.24, 2.45) is 4.99 Å². The number of hydrogen-bond acceptors (Lipinski definition) is 4. The summed E-state index contributed by atoms with van der Waals surface area (Å²) in [6.07, 6.45) is 3.92. The third-order valence-corrected chi connectivity index (χ3v) is 5.06. The molecule has 4 rings (SSSR count). The Morgan fingerprint density at radius 3 is 2.74 bits per heavy atom. The molecule has 0 amide bonds. The Bertz CT molecular complexity index is 865. The number of aryl methyl sites for hydroxylation is 2. The first kappa shape index (κ1) is 14.2. The number of aliphatic imine (C=N–C) groups is 1. The van der Waals surface area contributed by atoms with Crippen molar-refractivity contribution in [1.82, 2.24) is 4.98 Å². The van der Waals surface area contributed by atoms with Crippen molar-refractivity contribution in [3.05, 3.63) is 65.4 Å². The molecule has 0 N–H and O–H groups in total. The van der Waals surface area contributed by atoms with Crippen molar-refractivity contribution >= 4 is 22.7 Å². The fourth-order valence-corrected chi connectivity index (χ4v) is 3.83. The summed E-state index contributed by atoms with van der Waals surface area (Å²) in [5.74, 6) is 0.850. The number of benzene rings is 2. The molecular formula is C19H16N2OS. The lowest BCUT2D eigenvalue weighted by Crippen LogP contribution is -2.01. The van der Waals surface area contributed by atoms with Crippen LogP contribution in [0.1, 0.15) is 16.8 Å². The number of fused-ring (bicyclic) bond motifs is 3. The maximum absolute atomic E-state index is 5.17. The average Bonchev–Trinajstić information content (AvgIpc) is 3.04. The van der Waals surface area contributed by atoms with Crippen LogP contribution in [0, 0.1) is 0 Å². The van der Waals surface area contributed by atoms with Crippen LogP contribution in [-0.2, 0) is 12.8 Å². The van der Waals surface area contributed by atoms with Gasteiger partial charge in [0.1, 0.15) is 5.75 Å². The van der Waals surface area contributed by atoms with E-state index in [2.05, 4.69) is 29.3 Å². The molecule has 0 saturated heterocycles. The SMILES string of the molecule is COc1ccc(C=Nc2nc3c(s2)-c2ccccc2CC3)cc1. The predicted molar refractivity (Wildman–Crippen MR) is 95.2 cm³/mol. The van der Waals surface area contributed by atoms with Crippen LogP contribution in [0.5, 0.6) is 5.75 Å². The van der Waals surface area contributed by atoms with Gasteiger partial charge in [-0.3, -0.25) is 0 Å². The zero-order valence-corrected chi connectivity index (χ0v) is 13.6. The van der Waals surface area contributed by atoms with Gasteiger partial charge in [0, 0.05) is 6.21 Å². The lowest BCUT2D eigenvalue weighted by atomic mass is 9.94. The Kier molecular flexibility index (Phi) is 3.67. The van der Waals surface area contributed by atoms with Crippen molar-refractivity contribution in [2.45, 2.75) is 12.8 Å². The van der Waals surface area contributed by atoms with E-state index in [9.17, 15) is 0 Å². The second-order valence-corrected chi connectivity index (χ2v) is 6.44. The number of aromatic nitrogens is 1. The number of ether oxygens (including phenoxy) is 1. The molecule has 1 aliphatic rings. The molecule has 23 heavy (non-hydrogen) atoms. The lowest BCUT2D eigenvalue weighted by Gasteiger charge is -2.13. The second-order valence-electron chi connectivity index (χ2n) is 5.46. The van der Waals surface area contributed by atoms with E-state index < -0.39 is 0 Å². The highest BCUT2D eigenvalue weighted by atomic mass is 32.1. The quantitative estimate of drug-likeness (QED) is 0.657. The summed E-state index contributed by atoms with van der Waals surface area (Å²) in [6, 6.07) is 16.4. The third-order valence-electron chi connectivity index (χ3n) is 4.02. The van der Waals surface area contributed by atoms with Crippen LogP contribution in [0.15, 0.2) is 53.5 Å². The van der Waals surface area contributed by atoms with Crippen LogP contribution in [0.3, 0.4) is 0 Å². The van der Waals surface area contributed by atoms with Crippen LogP contribution in [0.2, 0.25) is 0 Å². The summed E-state index contributed by atoms with van der Waals surface area (Å²) in [5.41, 5.74) is 4.95. The number of hydrogen-bond donors (Lipinski definition) is 0. The highest BCUT2D eigenvalue weighted by Gasteiger charge is 2.19. The molecule has 0 aliphatic heterocycles. The molecule has 1 aliphatic carbocycles. The number of nitrogens with zero attached hydrogens (tertiary/aromatic N) is 2. The second kappa shape index (κ2) is 5.97. The van der Waals surface area contributed by atoms with Gasteiger partial charge >= 0.3 is 0 Å². The predicted octanol–water partition coefficient (Wildman–Crippen LogP) is 4.67. The van der Waals surface area contributed by atoms with E-state index in [0.29, 0.717) is 0 Å². The fraction of sp³-hybridized carbons (Fsp3) is 0.158. The molecule has 3 aromatic rings. The molecule has 0 atom stereocenters. The summed E-state index contributed by atoms with van der Waals surface area (Å²) in [4.78, 5) is 10.5. The summed E-state index contributed by atoms with van der Waals surface area (Å²) >= 11 is 1.67. The topological polar surface area (TPSA) is 34.5 Å². The summed E-state index contributed by atoms with van der Waals surface area (Å²) in [6.45, 7) is 0. The van der Waals surface area contributed by atoms with Gasteiger partial charge in [0.25, 0.3) is 0 Å². The van der Waals surface area contributed by atoms with Gasteiger partial charge in [-0.25, -0.2) is 9.98 Å². The van der Waals surface area contributed by atoms with Crippen LogP contribution < -0.4 is 4.74 Å². The highest BCUT2D eigenvalue weighted by molar-refractivity contribution is 7.18. The fourth-order valence-electron chi connectivity index (χ4n) is 2.81. The molecule has 2 aromatic carbocycles. The standard InChI is InChI=1S/C19H16N2OS/c1-22-15-9-6-13(7-10-15)12-20-19-21-17-11-8-14-4-2-3-5-16(14)18(17)23-19/h2-7,9-10,12H,8,11H2,1H3. The zero-order valence-electron chi connectivity index (χ0n) is 12.8. The van der Waals surface area contributed by atoms with E-state index in [1.54, 1.807) is 18.4 Å². The summed E-state index contributed by atoms with van der Waals surface area (Å²) in [5, 5.41) is 0.822. The first-order chi connectivity index (χ1) is 11.3. The van der Waals surface area contributed by atoms with Crippen molar-refractivity contribution < 1.29 is 4.74 Å². The maximum Gasteiger partial charge on any atom is 0.209 e. The van der Waals surface area contributed by atoms with E-state index in [1.807, 2.05) is 30.5 Å². The lowest BCUT2D eigenvalue weighted by molar-refractivity contribution is 0.415. The monoisotopic (exact) mass is 320 g/mol. The Hall–Kier alpha value is -2.46. The number of rotatable bonds is 3. The molecule has 4 heteroatoms. The first-order valence-corrected chi connectivity index (χ1v) is 8.41. The van der Waals surface area contributed by atoms with Crippen LogP contribution in [-0.4, -0.2) is 18.3 Å².